The van der Waals surface area contributed by atoms with Gasteiger partial charge < -0.3 is 14.6 Å². The molecule has 0 saturated carbocycles. The zero-order chi connectivity index (χ0) is 16.0. The number of rotatable bonds is 8. The van der Waals surface area contributed by atoms with Crippen molar-refractivity contribution in [2.75, 3.05) is 27.4 Å². The minimum absolute atomic E-state index is 0.136. The molecule has 1 atom stereocenters. The molecule has 1 rings (SSSR count). The number of benzene rings is 1. The third-order valence-corrected chi connectivity index (χ3v) is 5.33. The number of methoxy groups -OCH3 is 2. The van der Waals surface area contributed by atoms with E-state index in [-0.39, 0.29) is 17.5 Å². The van der Waals surface area contributed by atoms with E-state index in [9.17, 15) is 13.5 Å². The Morgan fingerprint density at radius 2 is 2.00 bits per heavy atom. The highest BCUT2D eigenvalue weighted by Gasteiger charge is 2.28. The minimum Gasteiger partial charge on any atom is -0.496 e. The molecule has 0 aromatic heterocycles. The van der Waals surface area contributed by atoms with Crippen molar-refractivity contribution >= 4 is 10.0 Å². The van der Waals surface area contributed by atoms with Gasteiger partial charge in [0.1, 0.15) is 5.75 Å². The highest BCUT2D eigenvalue weighted by atomic mass is 32.2. The van der Waals surface area contributed by atoms with Gasteiger partial charge >= 0.3 is 0 Å². The first-order chi connectivity index (χ1) is 9.92. The molecule has 120 valence electrons. The summed E-state index contributed by atoms with van der Waals surface area (Å²) in [5.41, 5.74) is 0.439. The molecule has 0 aliphatic carbocycles. The Balaban J connectivity index is 3.22. The second kappa shape index (κ2) is 7.74. The van der Waals surface area contributed by atoms with Crippen LogP contribution in [-0.4, -0.2) is 51.2 Å². The number of likely N-dealkylation sites (N-methyl/N-ethyl adjacent to an activating group) is 1. The summed E-state index contributed by atoms with van der Waals surface area (Å²) >= 11 is 0. The van der Waals surface area contributed by atoms with Crippen molar-refractivity contribution in [2.24, 2.45) is 0 Å². The second-order valence-electron chi connectivity index (χ2n) is 4.64. The lowest BCUT2D eigenvalue weighted by Gasteiger charge is -2.27. The van der Waals surface area contributed by atoms with Crippen molar-refractivity contribution in [3.8, 4) is 5.75 Å². The standard InChI is InChI=1S/C14H23NO5S/c1-5-15(11(2)10-19-3)21(17,18)13-6-7-14(20-4)12(8-13)9-16/h6-8,11,16H,5,9-10H2,1-4H3. The molecule has 0 fully saturated rings. The average Bonchev–Trinajstić information content (AvgIpc) is 2.47. The minimum atomic E-state index is -3.64. The topological polar surface area (TPSA) is 76.1 Å². The van der Waals surface area contributed by atoms with Crippen molar-refractivity contribution < 1.29 is 23.0 Å². The van der Waals surface area contributed by atoms with Gasteiger partial charge in [-0.25, -0.2) is 8.42 Å². The molecule has 1 aromatic carbocycles. The predicted molar refractivity (Wildman–Crippen MR) is 79.8 cm³/mol. The third kappa shape index (κ3) is 3.94. The van der Waals surface area contributed by atoms with Crippen molar-refractivity contribution in [2.45, 2.75) is 31.4 Å². The SMILES string of the molecule is CCN(C(C)COC)S(=O)(=O)c1ccc(OC)c(CO)c1. The summed E-state index contributed by atoms with van der Waals surface area (Å²) in [6, 6.07) is 4.20. The van der Waals surface area contributed by atoms with Gasteiger partial charge in [-0.15, -0.1) is 0 Å². The third-order valence-electron chi connectivity index (χ3n) is 3.24. The number of nitrogens with zero attached hydrogens (tertiary/aromatic N) is 1. The van der Waals surface area contributed by atoms with Crippen molar-refractivity contribution in [3.63, 3.8) is 0 Å². The number of hydrogen-bond donors (Lipinski definition) is 1. The lowest BCUT2D eigenvalue weighted by atomic mass is 10.2. The van der Waals surface area contributed by atoms with Gasteiger partial charge in [-0.1, -0.05) is 6.92 Å². The van der Waals surface area contributed by atoms with Crippen LogP contribution < -0.4 is 4.74 Å². The summed E-state index contributed by atoms with van der Waals surface area (Å²) in [4.78, 5) is 0.136. The van der Waals surface area contributed by atoms with Gasteiger partial charge in [0.2, 0.25) is 10.0 Å². The van der Waals surface area contributed by atoms with E-state index >= 15 is 0 Å². The van der Waals surface area contributed by atoms with Gasteiger partial charge in [0, 0.05) is 25.3 Å². The van der Waals surface area contributed by atoms with Gasteiger partial charge in [0.25, 0.3) is 0 Å². The van der Waals surface area contributed by atoms with E-state index in [2.05, 4.69) is 0 Å². The molecule has 0 amide bonds. The normalized spacial score (nSPS) is 13.4. The first-order valence-corrected chi connectivity index (χ1v) is 8.14. The molecule has 0 bridgehead atoms. The molecule has 21 heavy (non-hydrogen) atoms. The van der Waals surface area contributed by atoms with E-state index in [1.165, 1.54) is 30.7 Å². The van der Waals surface area contributed by atoms with E-state index in [0.29, 0.717) is 24.5 Å². The molecule has 0 spiro atoms. The Kier molecular flexibility index (Phi) is 6.60. The van der Waals surface area contributed by atoms with Crippen LogP contribution in [0.5, 0.6) is 5.75 Å². The fourth-order valence-corrected chi connectivity index (χ4v) is 3.89. The van der Waals surface area contributed by atoms with Crippen LogP contribution in [0.15, 0.2) is 23.1 Å². The number of hydrogen-bond acceptors (Lipinski definition) is 5. The number of ether oxygens (including phenoxy) is 2. The van der Waals surface area contributed by atoms with Crippen LogP contribution in [0, 0.1) is 0 Å². The smallest absolute Gasteiger partial charge is 0.243 e. The van der Waals surface area contributed by atoms with Crippen molar-refractivity contribution in [1.82, 2.24) is 4.31 Å². The maximum absolute atomic E-state index is 12.7. The van der Waals surface area contributed by atoms with Crippen LogP contribution in [-0.2, 0) is 21.4 Å². The van der Waals surface area contributed by atoms with Gasteiger partial charge in [0.15, 0.2) is 0 Å². The molecule has 0 heterocycles. The highest BCUT2D eigenvalue weighted by Crippen LogP contribution is 2.25. The van der Waals surface area contributed by atoms with Crippen LogP contribution in [0.1, 0.15) is 19.4 Å². The maximum atomic E-state index is 12.7. The monoisotopic (exact) mass is 317 g/mol. The summed E-state index contributed by atoms with van der Waals surface area (Å²) in [7, 11) is -0.634. The van der Waals surface area contributed by atoms with Crippen LogP contribution in [0.4, 0.5) is 0 Å². The lowest BCUT2D eigenvalue weighted by molar-refractivity contribution is 0.142. The van der Waals surface area contributed by atoms with Crippen LogP contribution in [0.3, 0.4) is 0 Å². The molecular weight excluding hydrogens is 294 g/mol. The highest BCUT2D eigenvalue weighted by molar-refractivity contribution is 7.89. The van der Waals surface area contributed by atoms with Gasteiger partial charge in [-0.3, -0.25) is 0 Å². The molecule has 0 aliphatic heterocycles. The maximum Gasteiger partial charge on any atom is 0.243 e. The Bertz CT molecular complexity index is 558. The first-order valence-electron chi connectivity index (χ1n) is 6.70. The molecular formula is C14H23NO5S. The fourth-order valence-electron chi connectivity index (χ4n) is 2.22. The summed E-state index contributed by atoms with van der Waals surface area (Å²) in [6.45, 7) is 3.94. The second-order valence-corrected chi connectivity index (χ2v) is 6.54. The largest absolute Gasteiger partial charge is 0.496 e. The molecule has 7 heteroatoms. The molecule has 0 saturated heterocycles. The fraction of sp³-hybridized carbons (Fsp3) is 0.571. The number of sulfonamides is 1. The first kappa shape index (κ1) is 17.9. The van der Waals surface area contributed by atoms with Crippen LogP contribution in [0.25, 0.3) is 0 Å². The molecule has 0 aliphatic rings. The Hall–Kier alpha value is -1.15. The van der Waals surface area contributed by atoms with E-state index in [1.807, 2.05) is 0 Å². The molecule has 1 aromatic rings. The summed E-state index contributed by atoms with van der Waals surface area (Å²) in [5.74, 6) is 0.462. The lowest BCUT2D eigenvalue weighted by Crippen LogP contribution is -2.40. The Labute approximate surface area is 126 Å². The number of aliphatic hydroxyl groups excluding tert-OH is 1. The number of aliphatic hydroxyl groups is 1. The van der Waals surface area contributed by atoms with E-state index in [1.54, 1.807) is 19.9 Å². The average molecular weight is 317 g/mol. The zero-order valence-corrected chi connectivity index (χ0v) is 13.7. The van der Waals surface area contributed by atoms with Gasteiger partial charge in [0.05, 0.1) is 25.2 Å². The van der Waals surface area contributed by atoms with Crippen LogP contribution in [0.2, 0.25) is 0 Å². The molecule has 1 N–H and O–H groups in total. The van der Waals surface area contributed by atoms with Gasteiger partial charge in [-0.05, 0) is 25.1 Å². The summed E-state index contributed by atoms with van der Waals surface area (Å²) < 4.78 is 36.9. The summed E-state index contributed by atoms with van der Waals surface area (Å²) in [6.07, 6.45) is 0. The Morgan fingerprint density at radius 1 is 1.33 bits per heavy atom. The molecule has 6 nitrogen and oxygen atoms in total. The zero-order valence-electron chi connectivity index (χ0n) is 12.9. The Morgan fingerprint density at radius 3 is 2.48 bits per heavy atom. The van der Waals surface area contributed by atoms with Crippen molar-refractivity contribution in [1.29, 1.82) is 0 Å². The molecule has 1 unspecified atom stereocenters. The summed E-state index contributed by atoms with van der Waals surface area (Å²) in [5, 5.41) is 9.32. The quantitative estimate of drug-likeness (QED) is 0.780. The van der Waals surface area contributed by atoms with E-state index in [0.717, 1.165) is 0 Å². The van der Waals surface area contributed by atoms with Crippen LogP contribution >= 0.6 is 0 Å². The predicted octanol–water partition coefficient (Wildman–Crippen LogP) is 1.23. The van der Waals surface area contributed by atoms with E-state index < -0.39 is 10.0 Å². The van der Waals surface area contributed by atoms with Gasteiger partial charge in [-0.2, -0.15) is 4.31 Å². The van der Waals surface area contributed by atoms with Crippen molar-refractivity contribution in [3.05, 3.63) is 23.8 Å². The van der Waals surface area contributed by atoms with E-state index in [4.69, 9.17) is 9.47 Å². The molecule has 0 radical (unpaired) electrons.